The van der Waals surface area contributed by atoms with Gasteiger partial charge in [-0.2, -0.15) is 0 Å². The summed E-state index contributed by atoms with van der Waals surface area (Å²) in [5.41, 5.74) is 4.61. The van der Waals surface area contributed by atoms with Crippen molar-refractivity contribution in [2.24, 2.45) is 23.2 Å². The van der Waals surface area contributed by atoms with Crippen LogP contribution in [0.5, 0.6) is 0 Å². The van der Waals surface area contributed by atoms with Crippen LogP contribution in [0.2, 0.25) is 36.3 Å². The van der Waals surface area contributed by atoms with Crippen LogP contribution >= 0.6 is 11.3 Å². The molecule has 320 valence electrons. The molecule has 4 fully saturated rings. The Labute approximate surface area is 349 Å². The zero-order chi connectivity index (χ0) is 41.1. The monoisotopic (exact) mass is 830 g/mol. The molecule has 6 nitrogen and oxygen atoms in total. The van der Waals surface area contributed by atoms with Crippen molar-refractivity contribution in [3.63, 3.8) is 0 Å². The van der Waals surface area contributed by atoms with E-state index < -0.39 is 22.7 Å². The Balaban J connectivity index is 1.18. The summed E-state index contributed by atoms with van der Waals surface area (Å²) in [5.74, 6) is 2.07. The highest BCUT2D eigenvalue weighted by atomic mass is 32.1. The first-order valence-corrected chi connectivity index (χ1v) is 29.3. The summed E-state index contributed by atoms with van der Waals surface area (Å²) in [5, 5.41) is 12.5. The number of nitrogens with zero attached hydrogens (tertiary/aromatic N) is 1. The fourth-order valence-corrected chi connectivity index (χ4v) is 13.8. The SMILES string of the molecule is Cc1nc(C(O)CCC[C@@H](C)[C@H]2CC[C@H]3/C(=C/C=C4C[C@@H](O[Si](C)(C)C(C)(C)C)C[C@H](O[Si](C)(C)C(C)(C)C)C4)CCC[C@]23C)sc1CCOC1CCCCO1. The predicted molar refractivity (Wildman–Crippen MR) is 240 cm³/mol. The third-order valence-electron chi connectivity index (χ3n) is 15.4. The van der Waals surface area contributed by atoms with Crippen molar-refractivity contribution in [2.75, 3.05) is 13.2 Å². The minimum Gasteiger partial charge on any atom is -0.414 e. The molecule has 1 aromatic rings. The summed E-state index contributed by atoms with van der Waals surface area (Å²) in [7, 11) is -3.81. The van der Waals surface area contributed by atoms with Crippen molar-refractivity contribution in [2.45, 2.75) is 219 Å². The number of aryl methyl sites for hydroxylation is 1. The smallest absolute Gasteiger partial charge is 0.192 e. The number of fused-ring (bicyclic) bond motifs is 1. The summed E-state index contributed by atoms with van der Waals surface area (Å²) in [6.07, 6.45) is 21.8. The lowest BCUT2D eigenvalue weighted by atomic mass is 9.60. The molecule has 1 aromatic heterocycles. The first-order valence-electron chi connectivity index (χ1n) is 22.7. The largest absolute Gasteiger partial charge is 0.414 e. The minimum atomic E-state index is -1.90. The van der Waals surface area contributed by atoms with Gasteiger partial charge in [0.2, 0.25) is 0 Å². The summed E-state index contributed by atoms with van der Waals surface area (Å²) >= 11 is 1.67. The summed E-state index contributed by atoms with van der Waals surface area (Å²) in [4.78, 5) is 6.02. The number of thiazole rings is 1. The third kappa shape index (κ3) is 11.6. The number of allylic oxidation sites excluding steroid dienone is 3. The van der Waals surface area contributed by atoms with Gasteiger partial charge in [-0.15, -0.1) is 11.3 Å². The van der Waals surface area contributed by atoms with E-state index in [1.54, 1.807) is 16.9 Å². The van der Waals surface area contributed by atoms with Gasteiger partial charge in [0.15, 0.2) is 22.9 Å². The number of ether oxygens (including phenoxy) is 2. The standard InChI is InChI=1S/C47H83NO5SSi2/c1-33(18-16-20-41(49)44-48-34(2)42(54-44)26-29-51-43-21-14-15-28-50-43)39-24-25-40-36(19-17-27-47(39,40)9)23-22-35-30-37(52-55(10,11)45(3,4)5)32-38(31-35)53-56(12,13)46(6,7)8/h22-23,33,37-41,43,49H,14-21,24-32H2,1-13H3/b36-23+/t33-,37-,38-,39-,40+,41?,43?,47-/m1/s1. The molecule has 0 amide bonds. The molecular formula is C47H83NO5SSi2. The number of hydrogen-bond acceptors (Lipinski definition) is 7. The van der Waals surface area contributed by atoms with Gasteiger partial charge in [-0.3, -0.25) is 0 Å². The van der Waals surface area contributed by atoms with Gasteiger partial charge in [0.1, 0.15) is 11.1 Å². The Hall–Kier alpha value is -0.656. The van der Waals surface area contributed by atoms with Crippen molar-refractivity contribution in [3.8, 4) is 0 Å². The molecule has 8 atom stereocenters. The van der Waals surface area contributed by atoms with Gasteiger partial charge in [-0.25, -0.2) is 4.98 Å². The molecule has 3 aliphatic carbocycles. The van der Waals surface area contributed by atoms with Crippen LogP contribution in [0.25, 0.3) is 0 Å². The van der Waals surface area contributed by atoms with E-state index in [0.717, 1.165) is 74.6 Å². The van der Waals surface area contributed by atoms with Crippen LogP contribution in [-0.2, 0) is 24.7 Å². The van der Waals surface area contributed by atoms with Crippen LogP contribution in [0.3, 0.4) is 0 Å². The second kappa shape index (κ2) is 18.9. The van der Waals surface area contributed by atoms with Crippen LogP contribution in [0, 0.1) is 30.1 Å². The van der Waals surface area contributed by atoms with E-state index in [9.17, 15) is 5.11 Å². The van der Waals surface area contributed by atoms with Gasteiger partial charge in [0, 0.05) is 17.9 Å². The van der Waals surface area contributed by atoms with Crippen LogP contribution in [0.4, 0.5) is 0 Å². The molecule has 1 saturated heterocycles. The van der Waals surface area contributed by atoms with Gasteiger partial charge < -0.3 is 23.4 Å². The maximum atomic E-state index is 11.2. The van der Waals surface area contributed by atoms with Crippen LogP contribution in [-0.4, -0.2) is 58.4 Å². The molecule has 2 unspecified atom stereocenters. The normalized spacial score (nSPS) is 30.1. The molecule has 5 rings (SSSR count). The van der Waals surface area contributed by atoms with E-state index in [-0.39, 0.29) is 28.6 Å². The van der Waals surface area contributed by atoms with Crippen LogP contribution < -0.4 is 0 Å². The molecule has 1 aliphatic heterocycles. The van der Waals surface area contributed by atoms with Gasteiger partial charge in [0.25, 0.3) is 0 Å². The van der Waals surface area contributed by atoms with Gasteiger partial charge in [-0.1, -0.05) is 91.5 Å². The van der Waals surface area contributed by atoms with Crippen molar-refractivity contribution >= 4 is 28.0 Å². The number of aromatic nitrogens is 1. The average Bonchev–Trinajstić information content (AvgIpc) is 3.65. The van der Waals surface area contributed by atoms with Gasteiger partial charge in [0.05, 0.1) is 24.5 Å². The second-order valence-corrected chi connectivity index (χ2v) is 32.3. The molecule has 1 N–H and O–H groups in total. The molecule has 3 saturated carbocycles. The topological polar surface area (TPSA) is 70.0 Å². The lowest BCUT2D eigenvalue weighted by Gasteiger charge is -2.45. The van der Waals surface area contributed by atoms with E-state index in [1.807, 2.05) is 0 Å². The van der Waals surface area contributed by atoms with Crippen molar-refractivity contribution in [1.82, 2.24) is 4.98 Å². The molecule has 56 heavy (non-hydrogen) atoms. The van der Waals surface area contributed by atoms with E-state index in [4.69, 9.17) is 23.3 Å². The molecular weight excluding hydrogens is 747 g/mol. The first-order chi connectivity index (χ1) is 26.1. The molecule has 9 heteroatoms. The van der Waals surface area contributed by atoms with Crippen LogP contribution in [0.1, 0.15) is 167 Å². The Morgan fingerprint density at radius 1 is 0.929 bits per heavy atom. The Bertz CT molecular complexity index is 1450. The zero-order valence-electron chi connectivity index (χ0n) is 38.2. The number of hydrogen-bond donors (Lipinski definition) is 1. The Morgan fingerprint density at radius 3 is 2.20 bits per heavy atom. The second-order valence-electron chi connectivity index (χ2n) is 21.7. The van der Waals surface area contributed by atoms with Crippen LogP contribution in [0.15, 0.2) is 23.3 Å². The van der Waals surface area contributed by atoms with Crippen molar-refractivity contribution in [1.29, 1.82) is 0 Å². The van der Waals surface area contributed by atoms with E-state index in [1.165, 1.54) is 55.4 Å². The Kier molecular flexibility index (Phi) is 15.7. The molecule has 4 aliphatic rings. The summed E-state index contributed by atoms with van der Waals surface area (Å²) < 4.78 is 25.9. The third-order valence-corrected chi connectivity index (χ3v) is 25.8. The zero-order valence-corrected chi connectivity index (χ0v) is 41.0. The lowest BCUT2D eigenvalue weighted by molar-refractivity contribution is -0.161. The van der Waals surface area contributed by atoms with E-state index >= 15 is 0 Å². The summed E-state index contributed by atoms with van der Waals surface area (Å²) in [6, 6.07) is 0. The van der Waals surface area contributed by atoms with Crippen molar-refractivity contribution in [3.05, 3.63) is 38.9 Å². The average molecular weight is 830 g/mol. The lowest BCUT2D eigenvalue weighted by Crippen LogP contribution is -2.48. The van der Waals surface area contributed by atoms with Crippen molar-refractivity contribution < 1.29 is 23.4 Å². The highest BCUT2D eigenvalue weighted by Gasteiger charge is 2.50. The predicted octanol–water partition coefficient (Wildman–Crippen LogP) is 13.4. The highest BCUT2D eigenvalue weighted by Crippen LogP contribution is 2.60. The van der Waals surface area contributed by atoms with E-state index in [2.05, 4.69) is 101 Å². The fourth-order valence-electron chi connectivity index (χ4n) is 9.98. The number of aliphatic hydroxyl groups excluding tert-OH is 1. The molecule has 2 heterocycles. The highest BCUT2D eigenvalue weighted by molar-refractivity contribution is 7.11. The Morgan fingerprint density at radius 2 is 1.59 bits per heavy atom. The first kappa shape index (κ1) is 46.4. The van der Waals surface area contributed by atoms with E-state index in [0.29, 0.717) is 23.9 Å². The maximum Gasteiger partial charge on any atom is 0.192 e. The molecule has 0 spiro atoms. The van der Waals surface area contributed by atoms with Gasteiger partial charge in [-0.05, 0) is 143 Å². The molecule has 0 radical (unpaired) electrons. The quantitative estimate of drug-likeness (QED) is 0.178. The summed E-state index contributed by atoms with van der Waals surface area (Å²) in [6.45, 7) is 32.4. The fraction of sp³-hybridized carbons (Fsp3) is 0.851. The number of aliphatic hydroxyl groups is 1. The minimum absolute atomic E-state index is 0.0568. The maximum absolute atomic E-state index is 11.2. The number of rotatable bonds is 15. The van der Waals surface area contributed by atoms with Gasteiger partial charge >= 0.3 is 0 Å². The molecule has 0 bridgehead atoms. The molecule has 0 aromatic carbocycles.